The minimum absolute atomic E-state index is 0.320. The molecule has 17 heavy (non-hydrogen) atoms. The van der Waals surface area contributed by atoms with Gasteiger partial charge >= 0.3 is 0 Å². The molecule has 0 saturated heterocycles. The molecule has 0 radical (unpaired) electrons. The Balaban J connectivity index is 2.42. The molecule has 0 aliphatic carbocycles. The SMILES string of the molecule is CC(C)CCC(C)NCc1cccc(F)c1F. The lowest BCUT2D eigenvalue weighted by Gasteiger charge is -2.15. The van der Waals surface area contributed by atoms with E-state index in [0.29, 0.717) is 24.1 Å². The third-order valence-electron chi connectivity index (χ3n) is 2.85. The fraction of sp³-hybridized carbons (Fsp3) is 0.571. The average Bonchev–Trinajstić information content (AvgIpc) is 2.28. The number of halogens is 2. The maximum atomic E-state index is 13.4. The summed E-state index contributed by atoms with van der Waals surface area (Å²) in [5, 5.41) is 3.22. The number of nitrogens with one attached hydrogen (secondary N) is 1. The molecule has 3 heteroatoms. The molecule has 0 aromatic heterocycles. The van der Waals surface area contributed by atoms with E-state index in [2.05, 4.69) is 26.1 Å². The van der Waals surface area contributed by atoms with Crippen LogP contribution in [0.25, 0.3) is 0 Å². The maximum absolute atomic E-state index is 13.4. The Bertz CT molecular complexity index is 350. The van der Waals surface area contributed by atoms with E-state index in [1.807, 2.05) is 0 Å². The molecule has 96 valence electrons. The summed E-state index contributed by atoms with van der Waals surface area (Å²) in [7, 11) is 0. The Labute approximate surface area is 102 Å². The van der Waals surface area contributed by atoms with E-state index < -0.39 is 11.6 Å². The van der Waals surface area contributed by atoms with Gasteiger partial charge < -0.3 is 5.32 Å². The summed E-state index contributed by atoms with van der Waals surface area (Å²) in [6, 6.07) is 4.61. The van der Waals surface area contributed by atoms with Crippen LogP contribution in [0.5, 0.6) is 0 Å². The molecule has 0 fully saturated rings. The van der Waals surface area contributed by atoms with Gasteiger partial charge in [-0.25, -0.2) is 8.78 Å². The highest BCUT2D eigenvalue weighted by Crippen LogP contribution is 2.12. The van der Waals surface area contributed by atoms with E-state index in [4.69, 9.17) is 0 Å². The molecular formula is C14H21F2N. The van der Waals surface area contributed by atoms with E-state index >= 15 is 0 Å². The summed E-state index contributed by atoms with van der Waals surface area (Å²) in [4.78, 5) is 0. The minimum atomic E-state index is -0.779. The molecule has 1 aromatic rings. The second-order valence-electron chi connectivity index (χ2n) is 4.97. The molecule has 0 aliphatic rings. The van der Waals surface area contributed by atoms with Crippen LogP contribution in [0.3, 0.4) is 0 Å². The van der Waals surface area contributed by atoms with Crippen molar-refractivity contribution in [1.82, 2.24) is 5.32 Å². The summed E-state index contributed by atoms with van der Waals surface area (Å²) in [6.45, 7) is 6.81. The van der Waals surface area contributed by atoms with Gasteiger partial charge in [-0.3, -0.25) is 0 Å². The predicted molar refractivity (Wildman–Crippen MR) is 66.7 cm³/mol. The van der Waals surface area contributed by atoms with E-state index in [0.717, 1.165) is 18.9 Å². The smallest absolute Gasteiger partial charge is 0.163 e. The van der Waals surface area contributed by atoms with Crippen molar-refractivity contribution in [2.45, 2.75) is 46.2 Å². The predicted octanol–water partition coefficient (Wildman–Crippen LogP) is 3.88. The average molecular weight is 241 g/mol. The van der Waals surface area contributed by atoms with Crippen molar-refractivity contribution in [3.05, 3.63) is 35.4 Å². The lowest BCUT2D eigenvalue weighted by molar-refractivity contribution is 0.440. The first-order chi connectivity index (χ1) is 8.00. The highest BCUT2D eigenvalue weighted by molar-refractivity contribution is 5.18. The van der Waals surface area contributed by atoms with Gasteiger partial charge in [0.25, 0.3) is 0 Å². The molecule has 1 atom stereocenters. The molecule has 1 unspecified atom stereocenters. The summed E-state index contributed by atoms with van der Waals surface area (Å²) in [6.07, 6.45) is 2.19. The van der Waals surface area contributed by atoms with Crippen LogP contribution in [0.15, 0.2) is 18.2 Å². The van der Waals surface area contributed by atoms with Gasteiger partial charge in [0.15, 0.2) is 11.6 Å². The summed E-state index contributed by atoms with van der Waals surface area (Å²) in [5.74, 6) is -0.847. The standard InChI is InChI=1S/C14H21F2N/c1-10(2)7-8-11(3)17-9-12-5-4-6-13(15)14(12)16/h4-6,10-11,17H,7-9H2,1-3H3. The topological polar surface area (TPSA) is 12.0 Å². The van der Waals surface area contributed by atoms with Gasteiger partial charge in [0.05, 0.1) is 0 Å². The molecule has 1 rings (SSSR count). The molecular weight excluding hydrogens is 220 g/mol. The zero-order chi connectivity index (χ0) is 12.8. The first kappa shape index (κ1) is 14.1. The first-order valence-corrected chi connectivity index (χ1v) is 6.17. The molecule has 0 bridgehead atoms. The monoisotopic (exact) mass is 241 g/mol. The summed E-state index contributed by atoms with van der Waals surface area (Å²) in [5.41, 5.74) is 0.390. The first-order valence-electron chi connectivity index (χ1n) is 6.17. The number of hydrogen-bond acceptors (Lipinski definition) is 1. The van der Waals surface area contributed by atoms with E-state index in [9.17, 15) is 8.78 Å². The Hall–Kier alpha value is -0.960. The van der Waals surface area contributed by atoms with Crippen LogP contribution in [0, 0.1) is 17.6 Å². The number of rotatable bonds is 6. The highest BCUT2D eigenvalue weighted by atomic mass is 19.2. The highest BCUT2D eigenvalue weighted by Gasteiger charge is 2.09. The van der Waals surface area contributed by atoms with Crippen molar-refractivity contribution in [3.8, 4) is 0 Å². The van der Waals surface area contributed by atoms with E-state index in [-0.39, 0.29) is 0 Å². The van der Waals surface area contributed by atoms with Gasteiger partial charge in [-0.15, -0.1) is 0 Å². The fourth-order valence-electron chi connectivity index (χ4n) is 1.65. The Morgan fingerprint density at radius 3 is 2.47 bits per heavy atom. The van der Waals surface area contributed by atoms with Gasteiger partial charge in [0.1, 0.15) is 0 Å². The number of hydrogen-bond donors (Lipinski definition) is 1. The summed E-state index contributed by atoms with van der Waals surface area (Å²) >= 11 is 0. The van der Waals surface area contributed by atoms with Crippen LogP contribution in [-0.4, -0.2) is 6.04 Å². The van der Waals surface area contributed by atoms with Crippen LogP contribution >= 0.6 is 0 Å². The van der Waals surface area contributed by atoms with Gasteiger partial charge in [0.2, 0.25) is 0 Å². The van der Waals surface area contributed by atoms with Crippen molar-refractivity contribution in [2.75, 3.05) is 0 Å². The van der Waals surface area contributed by atoms with Crippen LogP contribution < -0.4 is 5.32 Å². The molecule has 0 amide bonds. The molecule has 0 heterocycles. The van der Waals surface area contributed by atoms with Crippen LogP contribution in [0.2, 0.25) is 0 Å². The third-order valence-corrected chi connectivity index (χ3v) is 2.85. The van der Waals surface area contributed by atoms with Crippen LogP contribution in [0.4, 0.5) is 8.78 Å². The van der Waals surface area contributed by atoms with Crippen molar-refractivity contribution < 1.29 is 8.78 Å². The lowest BCUT2D eigenvalue weighted by atomic mass is 10.0. The van der Waals surface area contributed by atoms with Crippen molar-refractivity contribution in [3.63, 3.8) is 0 Å². The second-order valence-corrected chi connectivity index (χ2v) is 4.97. The molecule has 1 N–H and O–H groups in total. The Kier molecular flexibility index (Phi) is 5.56. The zero-order valence-corrected chi connectivity index (χ0v) is 10.8. The molecule has 1 aromatic carbocycles. The van der Waals surface area contributed by atoms with Gasteiger partial charge in [-0.1, -0.05) is 26.0 Å². The van der Waals surface area contributed by atoms with E-state index in [1.54, 1.807) is 6.07 Å². The maximum Gasteiger partial charge on any atom is 0.163 e. The number of benzene rings is 1. The normalized spacial score (nSPS) is 13.1. The van der Waals surface area contributed by atoms with E-state index in [1.165, 1.54) is 6.07 Å². The van der Waals surface area contributed by atoms with Crippen molar-refractivity contribution >= 4 is 0 Å². The van der Waals surface area contributed by atoms with Crippen LogP contribution in [0.1, 0.15) is 39.2 Å². The summed E-state index contributed by atoms with van der Waals surface area (Å²) < 4.78 is 26.3. The lowest BCUT2D eigenvalue weighted by Crippen LogP contribution is -2.26. The van der Waals surface area contributed by atoms with Gasteiger partial charge in [-0.2, -0.15) is 0 Å². The van der Waals surface area contributed by atoms with Crippen molar-refractivity contribution in [1.29, 1.82) is 0 Å². The largest absolute Gasteiger partial charge is 0.310 e. The van der Waals surface area contributed by atoms with Gasteiger partial charge in [-0.05, 0) is 31.7 Å². The molecule has 1 nitrogen and oxygen atoms in total. The minimum Gasteiger partial charge on any atom is -0.310 e. The molecule has 0 spiro atoms. The Morgan fingerprint density at radius 2 is 1.82 bits per heavy atom. The van der Waals surface area contributed by atoms with Gasteiger partial charge in [0, 0.05) is 18.2 Å². The quantitative estimate of drug-likeness (QED) is 0.797. The molecule has 0 aliphatic heterocycles. The second kappa shape index (κ2) is 6.70. The Morgan fingerprint density at radius 1 is 1.12 bits per heavy atom. The third kappa shape index (κ3) is 4.82. The fourth-order valence-corrected chi connectivity index (χ4v) is 1.65. The molecule has 0 saturated carbocycles. The zero-order valence-electron chi connectivity index (χ0n) is 10.8. The van der Waals surface area contributed by atoms with Crippen molar-refractivity contribution in [2.24, 2.45) is 5.92 Å². The van der Waals surface area contributed by atoms with Crippen LogP contribution in [-0.2, 0) is 6.54 Å².